The van der Waals surface area contributed by atoms with Crippen LogP contribution in [0.3, 0.4) is 0 Å². The number of alkyl halides is 3. The topological polar surface area (TPSA) is 99.8 Å². The molecule has 10 heteroatoms. The maximum absolute atomic E-state index is 13.3. The molecule has 3 N–H and O–H groups in total. The number of hydrogen-bond donors (Lipinski definition) is 2. The molecule has 1 aliphatic rings. The van der Waals surface area contributed by atoms with Gasteiger partial charge in [-0.15, -0.1) is 0 Å². The van der Waals surface area contributed by atoms with Gasteiger partial charge in [0, 0.05) is 20.1 Å². The number of rotatable bonds is 3. The van der Waals surface area contributed by atoms with Crippen molar-refractivity contribution >= 4 is 17.7 Å². The lowest BCUT2D eigenvalue weighted by atomic mass is 9.98. The van der Waals surface area contributed by atoms with Crippen LogP contribution in [0.1, 0.15) is 11.7 Å². The Morgan fingerprint density at radius 3 is 2.48 bits per heavy atom. The number of amides is 2. The Morgan fingerprint density at radius 1 is 1.43 bits per heavy atom. The molecule has 1 aromatic heterocycles. The zero-order chi connectivity index (χ0) is 17.4. The largest absolute Gasteiger partial charge is 0.465 e. The van der Waals surface area contributed by atoms with E-state index in [2.05, 4.69) is 4.98 Å². The number of nitrogens with zero attached hydrogens (tertiary/aromatic N) is 3. The van der Waals surface area contributed by atoms with Crippen LogP contribution in [0, 0.1) is 5.92 Å². The number of anilines is 1. The number of likely N-dealkylation sites (tertiary alicyclic amines) is 1. The van der Waals surface area contributed by atoms with Crippen molar-refractivity contribution in [2.45, 2.75) is 12.2 Å². The number of carbonyl (C=O) groups is 2. The standard InChI is InChI=1S/C13H15F3N4O3/c1-19(11(21)7-5-20(6-7)12(22)23)10(13(14,15)16)9-3-2-8(17)4-18-9/h2-4,7,10H,5-6,17H2,1H3,(H,22,23)/t10-/m0/s1. The lowest BCUT2D eigenvalue weighted by molar-refractivity contribution is -0.193. The van der Waals surface area contributed by atoms with Gasteiger partial charge in [-0.25, -0.2) is 4.79 Å². The summed E-state index contributed by atoms with van der Waals surface area (Å²) in [5, 5.41) is 8.71. The molecule has 1 saturated heterocycles. The van der Waals surface area contributed by atoms with Gasteiger partial charge >= 0.3 is 12.3 Å². The SMILES string of the molecule is CN(C(=O)C1CN(C(=O)O)C1)[C@@H](c1ccc(N)cn1)C(F)(F)F. The molecule has 0 radical (unpaired) electrons. The van der Waals surface area contributed by atoms with Crippen LogP contribution in [0.4, 0.5) is 23.7 Å². The molecule has 0 bridgehead atoms. The van der Waals surface area contributed by atoms with Crippen LogP contribution >= 0.6 is 0 Å². The van der Waals surface area contributed by atoms with Crippen molar-refractivity contribution in [3.63, 3.8) is 0 Å². The van der Waals surface area contributed by atoms with Crippen molar-refractivity contribution in [2.75, 3.05) is 25.9 Å². The average molecular weight is 332 g/mol. The van der Waals surface area contributed by atoms with Gasteiger partial charge in [0.25, 0.3) is 0 Å². The lowest BCUT2D eigenvalue weighted by Crippen LogP contribution is -2.56. The first kappa shape index (κ1) is 16.8. The molecule has 0 aromatic carbocycles. The zero-order valence-electron chi connectivity index (χ0n) is 12.1. The maximum atomic E-state index is 13.3. The molecule has 0 spiro atoms. The highest BCUT2D eigenvalue weighted by Gasteiger charge is 2.48. The minimum absolute atomic E-state index is 0.113. The molecule has 126 valence electrons. The molecule has 2 amide bonds. The maximum Gasteiger partial charge on any atom is 0.414 e. The van der Waals surface area contributed by atoms with E-state index in [1.165, 1.54) is 6.07 Å². The number of nitrogens with two attached hydrogens (primary N) is 1. The molecule has 23 heavy (non-hydrogen) atoms. The van der Waals surface area contributed by atoms with E-state index in [1.54, 1.807) is 0 Å². The number of carboxylic acid groups (broad SMARTS) is 1. The Morgan fingerprint density at radius 2 is 2.04 bits per heavy atom. The summed E-state index contributed by atoms with van der Waals surface area (Å²) in [6.07, 6.45) is -4.84. The molecular weight excluding hydrogens is 317 g/mol. The van der Waals surface area contributed by atoms with E-state index in [-0.39, 0.29) is 24.5 Å². The second kappa shape index (κ2) is 5.94. The molecule has 1 aromatic rings. The summed E-state index contributed by atoms with van der Waals surface area (Å²) in [7, 11) is 1.03. The summed E-state index contributed by atoms with van der Waals surface area (Å²) in [4.78, 5) is 28.0. The summed E-state index contributed by atoms with van der Waals surface area (Å²) in [5.74, 6) is -1.56. The third-order valence-electron chi connectivity index (χ3n) is 3.64. The minimum atomic E-state index is -4.72. The smallest absolute Gasteiger partial charge is 0.414 e. The van der Waals surface area contributed by atoms with Gasteiger partial charge in [0.2, 0.25) is 5.91 Å². The Balaban J connectivity index is 2.18. The molecule has 1 aliphatic heterocycles. The first-order valence-corrected chi connectivity index (χ1v) is 6.64. The summed E-state index contributed by atoms with van der Waals surface area (Å²) in [6, 6.07) is 0.172. The Kier molecular flexibility index (Phi) is 4.35. The van der Waals surface area contributed by atoms with Crippen molar-refractivity contribution in [3.05, 3.63) is 24.0 Å². The second-order valence-corrected chi connectivity index (χ2v) is 5.29. The molecular formula is C13H15F3N4O3. The van der Waals surface area contributed by atoms with Crippen LogP contribution in [-0.2, 0) is 4.79 Å². The molecule has 0 aliphatic carbocycles. The molecule has 2 heterocycles. The third kappa shape index (κ3) is 3.46. The third-order valence-corrected chi connectivity index (χ3v) is 3.64. The van der Waals surface area contributed by atoms with Crippen molar-refractivity contribution in [2.24, 2.45) is 5.92 Å². The molecule has 2 rings (SSSR count). The van der Waals surface area contributed by atoms with Gasteiger partial charge in [0.1, 0.15) is 0 Å². The molecule has 0 unspecified atom stereocenters. The van der Waals surface area contributed by atoms with E-state index in [9.17, 15) is 22.8 Å². The predicted octanol–water partition coefficient (Wildman–Crippen LogP) is 1.34. The quantitative estimate of drug-likeness (QED) is 0.870. The Hall–Kier alpha value is -2.52. The first-order valence-electron chi connectivity index (χ1n) is 6.64. The van der Waals surface area contributed by atoms with Crippen LogP contribution < -0.4 is 5.73 Å². The van der Waals surface area contributed by atoms with Gasteiger partial charge in [0.15, 0.2) is 6.04 Å². The fraction of sp³-hybridized carbons (Fsp3) is 0.462. The average Bonchev–Trinajstić information content (AvgIpc) is 2.37. The number of hydrogen-bond acceptors (Lipinski definition) is 4. The lowest BCUT2D eigenvalue weighted by Gasteiger charge is -2.40. The molecule has 1 fully saturated rings. The predicted molar refractivity (Wildman–Crippen MR) is 73.3 cm³/mol. The first-order chi connectivity index (χ1) is 10.6. The number of carbonyl (C=O) groups excluding carboxylic acids is 1. The van der Waals surface area contributed by atoms with E-state index in [0.29, 0.717) is 4.90 Å². The number of nitrogen functional groups attached to an aromatic ring is 1. The van der Waals surface area contributed by atoms with Gasteiger partial charge in [0.05, 0.1) is 23.5 Å². The molecule has 7 nitrogen and oxygen atoms in total. The normalized spacial score (nSPS) is 16.6. The van der Waals surface area contributed by atoms with E-state index < -0.39 is 30.1 Å². The zero-order valence-corrected chi connectivity index (χ0v) is 12.1. The highest BCUT2D eigenvalue weighted by atomic mass is 19.4. The Bertz CT molecular complexity index is 599. The fourth-order valence-corrected chi connectivity index (χ4v) is 2.37. The van der Waals surface area contributed by atoms with Crippen LogP contribution in [0.2, 0.25) is 0 Å². The summed E-state index contributed by atoms with van der Waals surface area (Å²) >= 11 is 0. The van der Waals surface area contributed by atoms with E-state index >= 15 is 0 Å². The summed E-state index contributed by atoms with van der Waals surface area (Å²) in [6.45, 7) is -0.226. The molecule has 1 atom stereocenters. The van der Waals surface area contributed by atoms with Crippen molar-refractivity contribution in [3.8, 4) is 0 Å². The monoisotopic (exact) mass is 332 g/mol. The minimum Gasteiger partial charge on any atom is -0.465 e. The van der Waals surface area contributed by atoms with Crippen molar-refractivity contribution in [1.82, 2.24) is 14.8 Å². The van der Waals surface area contributed by atoms with E-state index in [0.717, 1.165) is 24.2 Å². The van der Waals surface area contributed by atoms with Crippen LogP contribution in [0.5, 0.6) is 0 Å². The van der Waals surface area contributed by atoms with E-state index in [4.69, 9.17) is 10.8 Å². The number of halogens is 3. The van der Waals surface area contributed by atoms with Crippen LogP contribution in [0.25, 0.3) is 0 Å². The van der Waals surface area contributed by atoms with Gasteiger partial charge < -0.3 is 20.6 Å². The van der Waals surface area contributed by atoms with Crippen molar-refractivity contribution < 1.29 is 27.9 Å². The van der Waals surface area contributed by atoms with Crippen molar-refractivity contribution in [1.29, 1.82) is 0 Å². The Labute approximate surface area is 129 Å². The highest BCUT2D eigenvalue weighted by molar-refractivity contribution is 5.82. The van der Waals surface area contributed by atoms with Gasteiger partial charge in [-0.05, 0) is 12.1 Å². The molecule has 0 saturated carbocycles. The second-order valence-electron chi connectivity index (χ2n) is 5.29. The summed E-state index contributed by atoms with van der Waals surface area (Å²) in [5.41, 5.74) is 5.27. The number of pyridine rings is 1. The highest BCUT2D eigenvalue weighted by Crippen LogP contribution is 2.37. The van der Waals surface area contributed by atoms with Crippen LogP contribution in [0.15, 0.2) is 18.3 Å². The van der Waals surface area contributed by atoms with Gasteiger partial charge in [-0.1, -0.05) is 0 Å². The van der Waals surface area contributed by atoms with Gasteiger partial charge in [-0.2, -0.15) is 13.2 Å². The van der Waals surface area contributed by atoms with Gasteiger partial charge in [-0.3, -0.25) is 9.78 Å². The summed E-state index contributed by atoms with van der Waals surface area (Å²) < 4.78 is 40.0. The number of aromatic nitrogens is 1. The van der Waals surface area contributed by atoms with E-state index in [1.807, 2.05) is 0 Å². The fourth-order valence-electron chi connectivity index (χ4n) is 2.37. The van der Waals surface area contributed by atoms with Crippen LogP contribution in [-0.4, -0.2) is 58.2 Å².